The Hall–Kier alpha value is 0. The smallest absolute Gasteiger partial charge is 0.0443 e. The van der Waals surface area contributed by atoms with Gasteiger partial charge in [0.1, 0.15) is 0 Å². The minimum absolute atomic E-state index is 0.936. The Morgan fingerprint density at radius 3 is 0.689 bits per heavy atom. The van der Waals surface area contributed by atoms with Crippen LogP contribution < -0.4 is 0 Å². The van der Waals surface area contributed by atoms with E-state index in [1.807, 2.05) is 0 Å². The molecule has 0 aliphatic rings. The van der Waals surface area contributed by atoms with Crippen LogP contribution in [0.25, 0.3) is 0 Å². The van der Waals surface area contributed by atoms with Crippen molar-refractivity contribution in [2.45, 2.75) is 266 Å². The molecule has 0 N–H and O–H groups in total. The molecule has 0 fully saturated rings. The minimum atomic E-state index is 0.936. The van der Waals surface area contributed by atoms with E-state index in [-0.39, 0.29) is 0 Å². The van der Waals surface area contributed by atoms with Crippen molar-refractivity contribution in [1.82, 2.24) is 0 Å². The number of hydrogen-bond donors (Lipinski definition) is 0. The van der Waals surface area contributed by atoms with Crippen LogP contribution in [0.1, 0.15) is 266 Å². The van der Waals surface area contributed by atoms with E-state index in [4.69, 9.17) is 0 Å². The highest BCUT2D eigenvalue weighted by Crippen LogP contribution is 2.23. The van der Waals surface area contributed by atoms with Crippen LogP contribution in [0.2, 0.25) is 0 Å². The number of unbranched alkanes of at least 4 members (excludes halogenated alkanes) is 23. The Balaban J connectivity index is 3.29. The monoisotopic (exact) mass is 633 g/mol. The van der Waals surface area contributed by atoms with E-state index in [2.05, 4.69) is 41.5 Å². The topological polar surface area (TPSA) is 0 Å². The first kappa shape index (κ1) is 45.0. The summed E-state index contributed by atoms with van der Waals surface area (Å²) in [5, 5.41) is 0. The molecule has 0 spiro atoms. The summed E-state index contributed by atoms with van der Waals surface area (Å²) >= 11 is 0. The average Bonchev–Trinajstić information content (AvgIpc) is 3.03. The summed E-state index contributed by atoms with van der Waals surface area (Å²) < 4.78 is 0. The molecular formula is C45H92. The van der Waals surface area contributed by atoms with Crippen molar-refractivity contribution in [1.29, 1.82) is 0 Å². The normalized spacial score (nSPS) is 14.5. The lowest BCUT2D eigenvalue weighted by Crippen LogP contribution is -1.99. The van der Waals surface area contributed by atoms with Crippen molar-refractivity contribution in [2.24, 2.45) is 23.7 Å². The van der Waals surface area contributed by atoms with E-state index in [1.54, 1.807) is 0 Å². The van der Waals surface area contributed by atoms with Gasteiger partial charge in [-0.15, -0.1) is 0 Å². The molecule has 0 bridgehead atoms. The van der Waals surface area contributed by atoms with Gasteiger partial charge < -0.3 is 0 Å². The highest BCUT2D eigenvalue weighted by molar-refractivity contribution is 4.60. The second-order valence-corrected chi connectivity index (χ2v) is 16.5. The summed E-state index contributed by atoms with van der Waals surface area (Å²) in [5.41, 5.74) is 0. The maximum absolute atomic E-state index is 2.51. The lowest BCUT2D eigenvalue weighted by molar-refractivity contribution is 0.387. The molecule has 4 atom stereocenters. The predicted molar refractivity (Wildman–Crippen MR) is 210 cm³/mol. The third-order valence-electron chi connectivity index (χ3n) is 11.4. The predicted octanol–water partition coefficient (Wildman–Crippen LogP) is 17.2. The second-order valence-electron chi connectivity index (χ2n) is 16.5. The third kappa shape index (κ3) is 36.7. The molecule has 0 amide bonds. The van der Waals surface area contributed by atoms with Gasteiger partial charge in [-0.05, 0) is 23.7 Å². The standard InChI is InChI=1S/C45H92/c1-7-9-10-11-12-13-14-16-19-22-25-29-36-43(4)37-30-26-23-20-17-15-18-21-24-27-31-38-44(5)40-34-41-45(6)39-33-28-32-35-42(3)8-2/h42-45H,7-41H2,1-6H3. The highest BCUT2D eigenvalue weighted by Gasteiger charge is 2.07. The molecule has 0 aromatic carbocycles. The number of rotatable bonds is 38. The molecule has 272 valence electrons. The molecule has 0 aromatic rings. The SMILES string of the molecule is CCCCCCCCCCCCCCC(C)CCCCCCCCCCCCCC(C)CCCC(C)CCCCCC(C)CC. The molecule has 0 rings (SSSR count). The zero-order valence-corrected chi connectivity index (χ0v) is 33.1. The molecule has 0 saturated carbocycles. The molecule has 0 aliphatic carbocycles. The van der Waals surface area contributed by atoms with Gasteiger partial charge in [0.25, 0.3) is 0 Å². The Labute approximate surface area is 289 Å². The zero-order valence-electron chi connectivity index (χ0n) is 33.1. The fourth-order valence-corrected chi connectivity index (χ4v) is 7.52. The van der Waals surface area contributed by atoms with Crippen LogP contribution in [-0.2, 0) is 0 Å². The van der Waals surface area contributed by atoms with Crippen molar-refractivity contribution in [2.75, 3.05) is 0 Å². The van der Waals surface area contributed by atoms with Crippen molar-refractivity contribution in [3.63, 3.8) is 0 Å². The summed E-state index contributed by atoms with van der Waals surface area (Å²) in [6.07, 6.45) is 51.5. The fraction of sp³-hybridized carbons (Fsp3) is 1.00. The minimum Gasteiger partial charge on any atom is -0.0654 e. The first-order valence-corrected chi connectivity index (χ1v) is 22.0. The molecule has 0 saturated heterocycles. The third-order valence-corrected chi connectivity index (χ3v) is 11.4. The van der Waals surface area contributed by atoms with Gasteiger partial charge in [0, 0.05) is 0 Å². The molecular weight excluding hydrogens is 540 g/mol. The van der Waals surface area contributed by atoms with E-state index < -0.39 is 0 Å². The lowest BCUT2D eigenvalue weighted by Gasteiger charge is -2.15. The molecule has 4 unspecified atom stereocenters. The maximum Gasteiger partial charge on any atom is -0.0443 e. The van der Waals surface area contributed by atoms with Gasteiger partial charge >= 0.3 is 0 Å². The Morgan fingerprint density at radius 2 is 0.422 bits per heavy atom. The molecule has 45 heavy (non-hydrogen) atoms. The summed E-state index contributed by atoms with van der Waals surface area (Å²) in [5.74, 6) is 3.79. The Kier molecular flexibility index (Phi) is 36.8. The van der Waals surface area contributed by atoms with Gasteiger partial charge in [-0.2, -0.15) is 0 Å². The van der Waals surface area contributed by atoms with E-state index in [9.17, 15) is 0 Å². The maximum atomic E-state index is 2.51. The van der Waals surface area contributed by atoms with Crippen LogP contribution in [0.15, 0.2) is 0 Å². The zero-order chi connectivity index (χ0) is 33.1. The van der Waals surface area contributed by atoms with Gasteiger partial charge in [-0.1, -0.05) is 266 Å². The largest absolute Gasteiger partial charge is 0.0654 e. The Morgan fingerprint density at radius 1 is 0.222 bits per heavy atom. The van der Waals surface area contributed by atoms with E-state index >= 15 is 0 Å². The molecule has 0 heteroatoms. The van der Waals surface area contributed by atoms with Crippen molar-refractivity contribution in [3.8, 4) is 0 Å². The second kappa shape index (κ2) is 36.8. The summed E-state index contributed by atoms with van der Waals surface area (Å²) in [6, 6.07) is 0. The van der Waals surface area contributed by atoms with Gasteiger partial charge in [0.2, 0.25) is 0 Å². The van der Waals surface area contributed by atoms with Gasteiger partial charge in [-0.3, -0.25) is 0 Å². The van der Waals surface area contributed by atoms with Crippen LogP contribution in [0.4, 0.5) is 0 Å². The van der Waals surface area contributed by atoms with E-state index in [0.717, 1.165) is 23.7 Å². The summed E-state index contributed by atoms with van der Waals surface area (Å²) in [6.45, 7) is 14.6. The van der Waals surface area contributed by atoms with Gasteiger partial charge in [0.15, 0.2) is 0 Å². The van der Waals surface area contributed by atoms with Crippen LogP contribution in [0.5, 0.6) is 0 Å². The van der Waals surface area contributed by atoms with Gasteiger partial charge in [-0.25, -0.2) is 0 Å². The first-order chi connectivity index (χ1) is 22.0. The van der Waals surface area contributed by atoms with E-state index in [1.165, 1.54) is 225 Å². The Bertz CT molecular complexity index is 522. The molecule has 0 aromatic heterocycles. The molecule has 0 nitrogen and oxygen atoms in total. The highest BCUT2D eigenvalue weighted by atomic mass is 14.1. The van der Waals surface area contributed by atoms with Crippen molar-refractivity contribution >= 4 is 0 Å². The average molecular weight is 633 g/mol. The van der Waals surface area contributed by atoms with Crippen LogP contribution in [0.3, 0.4) is 0 Å². The quantitative estimate of drug-likeness (QED) is 0.0594. The van der Waals surface area contributed by atoms with Crippen molar-refractivity contribution < 1.29 is 0 Å². The van der Waals surface area contributed by atoms with Gasteiger partial charge in [0.05, 0.1) is 0 Å². The summed E-state index contributed by atoms with van der Waals surface area (Å²) in [4.78, 5) is 0. The molecule has 0 heterocycles. The summed E-state index contributed by atoms with van der Waals surface area (Å²) in [7, 11) is 0. The van der Waals surface area contributed by atoms with Crippen LogP contribution in [-0.4, -0.2) is 0 Å². The first-order valence-electron chi connectivity index (χ1n) is 22.0. The number of hydrogen-bond acceptors (Lipinski definition) is 0. The molecule has 0 radical (unpaired) electrons. The van der Waals surface area contributed by atoms with Crippen molar-refractivity contribution in [3.05, 3.63) is 0 Å². The van der Waals surface area contributed by atoms with Crippen LogP contribution >= 0.6 is 0 Å². The van der Waals surface area contributed by atoms with E-state index in [0.29, 0.717) is 0 Å². The fourth-order valence-electron chi connectivity index (χ4n) is 7.52. The van der Waals surface area contributed by atoms with Crippen LogP contribution in [0, 0.1) is 23.7 Å². The lowest BCUT2D eigenvalue weighted by atomic mass is 9.92. The molecule has 0 aliphatic heterocycles.